The second-order valence-electron chi connectivity index (χ2n) is 6.12. The van der Waals surface area contributed by atoms with E-state index in [-0.39, 0.29) is 5.84 Å². The van der Waals surface area contributed by atoms with Gasteiger partial charge in [0, 0.05) is 30.6 Å². The first-order valence-electron chi connectivity index (χ1n) is 6.52. The van der Waals surface area contributed by atoms with Crippen LogP contribution in [0.5, 0.6) is 0 Å². The number of hydrogen-bond acceptors (Lipinski definition) is 3. The number of amidine groups is 1. The van der Waals surface area contributed by atoms with Gasteiger partial charge in [0.2, 0.25) is 0 Å². The van der Waals surface area contributed by atoms with Crippen molar-refractivity contribution in [1.82, 2.24) is 9.96 Å². The Kier molecular flexibility index (Phi) is 3.05. The minimum atomic E-state index is -0.723. The predicted octanol–water partition coefficient (Wildman–Crippen LogP) is 1.72. The molecule has 0 aromatic rings. The smallest absolute Gasteiger partial charge is 0.310 e. The van der Waals surface area contributed by atoms with Crippen LogP contribution in [-0.4, -0.2) is 44.7 Å². The quantitative estimate of drug-likeness (QED) is 0.555. The highest BCUT2D eigenvalue weighted by atomic mass is 16.5. The summed E-state index contributed by atoms with van der Waals surface area (Å²) in [4.78, 5) is 2.15. The Morgan fingerprint density at radius 1 is 1.22 bits per heavy atom. The van der Waals surface area contributed by atoms with Gasteiger partial charge in [0.05, 0.1) is 0 Å². The molecule has 101 valence electrons. The van der Waals surface area contributed by atoms with Gasteiger partial charge in [0.1, 0.15) is 5.54 Å². The normalized spacial score (nSPS) is 26.7. The van der Waals surface area contributed by atoms with Gasteiger partial charge < -0.3 is 10.1 Å². The molecular weight excluding hydrogens is 230 g/mol. The zero-order valence-corrected chi connectivity index (χ0v) is 11.6. The van der Waals surface area contributed by atoms with Crippen LogP contribution in [0.3, 0.4) is 0 Å². The molecule has 0 aromatic heterocycles. The van der Waals surface area contributed by atoms with Gasteiger partial charge in [-0.1, -0.05) is 5.06 Å². The first kappa shape index (κ1) is 13.2. The highest BCUT2D eigenvalue weighted by Gasteiger charge is 2.58. The molecule has 5 heteroatoms. The number of rotatable bonds is 2. The fraction of sp³-hybridized carbons (Fsp3) is 0.769. The van der Waals surface area contributed by atoms with Gasteiger partial charge in [0.15, 0.2) is 5.54 Å². The standard InChI is InChI=1S/C13H22N3O2/c1-12(2)13(3,4)16(18)11(15(12)17)7-10-14-8-5-6-9-14/h7,10H,5-6,8-9H2,1-4H3/b10-7+. The third-order valence-corrected chi connectivity index (χ3v) is 4.50. The van der Waals surface area contributed by atoms with Crippen LogP contribution in [0.25, 0.3) is 0 Å². The summed E-state index contributed by atoms with van der Waals surface area (Å²) in [5, 5.41) is 25.3. The van der Waals surface area contributed by atoms with Crippen molar-refractivity contribution in [3.05, 3.63) is 17.5 Å². The fourth-order valence-electron chi connectivity index (χ4n) is 2.35. The minimum Gasteiger partial charge on any atom is -0.714 e. The van der Waals surface area contributed by atoms with Gasteiger partial charge in [-0.3, -0.25) is 4.74 Å². The van der Waals surface area contributed by atoms with E-state index < -0.39 is 11.1 Å². The molecule has 0 spiro atoms. The Bertz CT molecular complexity index is 393. The number of nitrogens with zero attached hydrogens (tertiary/aromatic N) is 3. The van der Waals surface area contributed by atoms with Gasteiger partial charge in [-0.25, -0.2) is 0 Å². The maximum absolute atomic E-state index is 12.2. The van der Waals surface area contributed by atoms with Crippen molar-refractivity contribution in [3.63, 3.8) is 0 Å². The fourth-order valence-corrected chi connectivity index (χ4v) is 2.35. The Morgan fingerprint density at radius 3 is 2.22 bits per heavy atom. The van der Waals surface area contributed by atoms with Gasteiger partial charge in [0.25, 0.3) is 0 Å². The first-order valence-corrected chi connectivity index (χ1v) is 6.52. The van der Waals surface area contributed by atoms with E-state index in [9.17, 15) is 10.4 Å². The van der Waals surface area contributed by atoms with Crippen molar-refractivity contribution in [1.29, 1.82) is 0 Å². The average Bonchev–Trinajstić information content (AvgIpc) is 2.84. The van der Waals surface area contributed by atoms with Crippen LogP contribution in [0.15, 0.2) is 12.3 Å². The van der Waals surface area contributed by atoms with E-state index in [0.717, 1.165) is 22.9 Å². The molecule has 0 amide bonds. The molecule has 0 bridgehead atoms. The summed E-state index contributed by atoms with van der Waals surface area (Å²) in [6.45, 7) is 9.24. The Balaban J connectivity index is 2.24. The summed E-state index contributed by atoms with van der Waals surface area (Å²) in [7, 11) is 0. The molecule has 0 aromatic carbocycles. The minimum absolute atomic E-state index is 0.205. The van der Waals surface area contributed by atoms with Crippen LogP contribution >= 0.6 is 0 Å². The largest absolute Gasteiger partial charge is 0.714 e. The molecule has 2 rings (SSSR count). The van der Waals surface area contributed by atoms with E-state index in [2.05, 4.69) is 4.90 Å². The molecule has 1 radical (unpaired) electrons. The molecule has 2 heterocycles. The average molecular weight is 252 g/mol. The van der Waals surface area contributed by atoms with E-state index >= 15 is 0 Å². The lowest BCUT2D eigenvalue weighted by molar-refractivity contribution is -0.539. The molecule has 2 aliphatic rings. The van der Waals surface area contributed by atoms with E-state index in [1.165, 1.54) is 12.8 Å². The van der Waals surface area contributed by atoms with Crippen LogP contribution < -0.4 is 0 Å². The highest BCUT2D eigenvalue weighted by Crippen LogP contribution is 2.35. The van der Waals surface area contributed by atoms with Crippen molar-refractivity contribution in [2.75, 3.05) is 13.1 Å². The number of hydrogen-bond donors (Lipinski definition) is 0. The van der Waals surface area contributed by atoms with Crippen LogP contribution in [0.1, 0.15) is 40.5 Å². The molecule has 1 fully saturated rings. The maximum atomic E-state index is 12.2. The van der Waals surface area contributed by atoms with Crippen molar-refractivity contribution in [2.45, 2.75) is 51.6 Å². The molecule has 0 unspecified atom stereocenters. The lowest BCUT2D eigenvalue weighted by atomic mass is 9.84. The van der Waals surface area contributed by atoms with E-state index in [4.69, 9.17) is 0 Å². The first-order chi connectivity index (χ1) is 8.28. The van der Waals surface area contributed by atoms with Crippen molar-refractivity contribution >= 4 is 5.84 Å². The summed E-state index contributed by atoms with van der Waals surface area (Å²) >= 11 is 0. The Labute approximate surface area is 109 Å². The maximum Gasteiger partial charge on any atom is 0.310 e. The Morgan fingerprint density at radius 2 is 1.78 bits per heavy atom. The van der Waals surface area contributed by atoms with Crippen LogP contribution in [-0.2, 0) is 5.21 Å². The summed E-state index contributed by atoms with van der Waals surface area (Å²) in [6.07, 6.45) is 5.88. The van der Waals surface area contributed by atoms with Gasteiger partial charge in [-0.2, -0.15) is 0 Å². The molecule has 5 nitrogen and oxygen atoms in total. The van der Waals surface area contributed by atoms with E-state index in [0.29, 0.717) is 0 Å². The zero-order valence-electron chi connectivity index (χ0n) is 11.6. The van der Waals surface area contributed by atoms with Crippen molar-refractivity contribution in [3.8, 4) is 0 Å². The summed E-state index contributed by atoms with van der Waals surface area (Å²) in [6, 6.07) is 0. The predicted molar refractivity (Wildman–Crippen MR) is 69.3 cm³/mol. The zero-order chi connectivity index (χ0) is 13.6. The molecule has 1 saturated heterocycles. The molecular formula is C13H22N3O2. The molecule has 2 aliphatic heterocycles. The van der Waals surface area contributed by atoms with Crippen LogP contribution in [0.4, 0.5) is 0 Å². The topological polar surface area (TPSA) is 52.5 Å². The lowest BCUT2D eigenvalue weighted by Gasteiger charge is -2.32. The Hall–Kier alpha value is -1.23. The second-order valence-corrected chi connectivity index (χ2v) is 6.12. The van der Waals surface area contributed by atoms with Gasteiger partial charge in [-0.15, -0.1) is 0 Å². The van der Waals surface area contributed by atoms with Crippen LogP contribution in [0, 0.1) is 5.21 Å². The second kappa shape index (κ2) is 4.16. The molecule has 0 saturated carbocycles. The van der Waals surface area contributed by atoms with Gasteiger partial charge >= 0.3 is 5.84 Å². The molecule has 0 N–H and O–H groups in total. The summed E-state index contributed by atoms with van der Waals surface area (Å²) in [5.74, 6) is 0.205. The number of hydroxylamine groups is 3. The summed E-state index contributed by atoms with van der Waals surface area (Å²) in [5.41, 5.74) is -1.45. The van der Waals surface area contributed by atoms with Crippen LogP contribution in [0.2, 0.25) is 0 Å². The molecule has 0 aliphatic carbocycles. The molecule has 0 atom stereocenters. The van der Waals surface area contributed by atoms with Crippen molar-refractivity contribution in [2.24, 2.45) is 0 Å². The van der Waals surface area contributed by atoms with Gasteiger partial charge in [-0.05, 0) is 40.5 Å². The third-order valence-electron chi connectivity index (χ3n) is 4.50. The highest BCUT2D eigenvalue weighted by molar-refractivity contribution is 5.89. The van der Waals surface area contributed by atoms with E-state index in [1.54, 1.807) is 6.08 Å². The monoisotopic (exact) mass is 252 g/mol. The number of likely N-dealkylation sites (tertiary alicyclic amines) is 1. The summed E-state index contributed by atoms with van der Waals surface area (Å²) < 4.78 is 0.840. The third kappa shape index (κ3) is 1.77. The van der Waals surface area contributed by atoms with Crippen molar-refractivity contribution < 1.29 is 9.95 Å². The van der Waals surface area contributed by atoms with E-state index in [1.807, 2.05) is 33.9 Å². The lowest BCUT2D eigenvalue weighted by Crippen LogP contribution is -2.53. The SMILES string of the molecule is CC1(C)N([O])C(/C=C/N2CCCC2)=[N+]([O-])C1(C)C. The molecule has 18 heavy (non-hydrogen) atoms.